The minimum atomic E-state index is -0.370. The smallest absolute Gasteiger partial charge is 0.274 e. The topological polar surface area (TPSA) is 94.2 Å². The molecule has 0 amide bonds. The van der Waals surface area contributed by atoms with Gasteiger partial charge in [0.1, 0.15) is 5.75 Å². The van der Waals surface area contributed by atoms with E-state index in [1.54, 1.807) is 31.3 Å². The molecule has 0 bridgehead atoms. The largest absolute Gasteiger partial charge is 0.506 e. The molecule has 0 aliphatic carbocycles. The molecule has 0 unspecified atom stereocenters. The van der Waals surface area contributed by atoms with Crippen LogP contribution in [0.4, 0.5) is 11.4 Å². The average molecular weight is 369 g/mol. The number of aromatic hydroxyl groups is 1. The summed E-state index contributed by atoms with van der Waals surface area (Å²) < 4.78 is 0. The van der Waals surface area contributed by atoms with Crippen molar-refractivity contribution in [1.29, 1.82) is 0 Å². The predicted molar refractivity (Wildman–Crippen MR) is 105 cm³/mol. The van der Waals surface area contributed by atoms with Crippen LogP contribution in [0.15, 0.2) is 53.5 Å². The summed E-state index contributed by atoms with van der Waals surface area (Å²) in [6.45, 7) is 3.33. The summed E-state index contributed by atoms with van der Waals surface area (Å²) in [5, 5.41) is 24.4. The number of nitro groups is 1. The first-order valence-corrected chi connectivity index (χ1v) is 8.81. The Labute approximate surface area is 157 Å². The molecule has 0 radical (unpaired) electrons. The van der Waals surface area contributed by atoms with Gasteiger partial charge in [-0.1, -0.05) is 30.3 Å². The zero-order valence-electron chi connectivity index (χ0n) is 15.2. The van der Waals surface area contributed by atoms with Gasteiger partial charge in [-0.3, -0.25) is 15.1 Å². The van der Waals surface area contributed by atoms with Crippen LogP contribution in [0.25, 0.3) is 0 Å². The molecule has 0 atom stereocenters. The van der Waals surface area contributed by atoms with E-state index in [2.05, 4.69) is 20.1 Å². The first kappa shape index (κ1) is 18.5. The van der Waals surface area contributed by atoms with Crippen molar-refractivity contribution in [3.8, 4) is 5.75 Å². The Morgan fingerprint density at radius 2 is 1.81 bits per heavy atom. The number of hydrogen-bond acceptors (Lipinski definition) is 5. The van der Waals surface area contributed by atoms with Crippen molar-refractivity contribution < 1.29 is 10.0 Å². The molecule has 2 N–H and O–H groups in total. The van der Waals surface area contributed by atoms with Gasteiger partial charge in [0.15, 0.2) is 5.96 Å². The van der Waals surface area contributed by atoms with Gasteiger partial charge >= 0.3 is 0 Å². The average Bonchev–Trinajstić information content (AvgIpc) is 2.69. The number of phenolic OH excluding ortho intramolecular Hbond substituents is 1. The van der Waals surface area contributed by atoms with E-state index < -0.39 is 0 Å². The molecule has 2 aromatic rings. The fraction of sp³-hybridized carbons (Fsp3) is 0.316. The lowest BCUT2D eigenvalue weighted by molar-refractivity contribution is -0.385. The third-order valence-electron chi connectivity index (χ3n) is 4.64. The lowest BCUT2D eigenvalue weighted by Crippen LogP contribution is -2.52. The number of aliphatic imine (C=N–C) groups is 1. The van der Waals surface area contributed by atoms with Crippen molar-refractivity contribution in [1.82, 2.24) is 10.2 Å². The van der Waals surface area contributed by atoms with Crippen LogP contribution in [-0.4, -0.2) is 54.1 Å². The van der Waals surface area contributed by atoms with E-state index in [4.69, 9.17) is 0 Å². The van der Waals surface area contributed by atoms with Crippen LogP contribution in [0.1, 0.15) is 5.56 Å². The zero-order chi connectivity index (χ0) is 19.2. The van der Waals surface area contributed by atoms with Gasteiger partial charge in [0, 0.05) is 51.4 Å². The monoisotopic (exact) mass is 369 g/mol. The highest BCUT2D eigenvalue weighted by atomic mass is 16.6. The van der Waals surface area contributed by atoms with Gasteiger partial charge in [0.25, 0.3) is 5.69 Å². The molecule has 2 aromatic carbocycles. The van der Waals surface area contributed by atoms with Crippen molar-refractivity contribution in [2.75, 3.05) is 38.1 Å². The molecule has 0 aromatic heterocycles. The summed E-state index contributed by atoms with van der Waals surface area (Å²) in [7, 11) is 1.71. The molecule has 0 spiro atoms. The van der Waals surface area contributed by atoms with Crippen molar-refractivity contribution in [2.24, 2.45) is 4.99 Å². The van der Waals surface area contributed by atoms with Crippen LogP contribution >= 0.6 is 0 Å². The zero-order valence-corrected chi connectivity index (χ0v) is 15.2. The molecule has 3 rings (SSSR count). The molecule has 142 valence electrons. The number of nitro benzene ring substituents is 1. The summed E-state index contributed by atoms with van der Waals surface area (Å²) in [5.74, 6) is 0.995. The van der Waals surface area contributed by atoms with Crippen LogP contribution < -0.4 is 10.2 Å². The maximum atomic E-state index is 11.1. The second-order valence-corrected chi connectivity index (χ2v) is 6.25. The van der Waals surface area contributed by atoms with Gasteiger partial charge in [-0.25, -0.2) is 0 Å². The van der Waals surface area contributed by atoms with Crippen LogP contribution in [0.5, 0.6) is 5.75 Å². The molecular weight excluding hydrogens is 346 g/mol. The second kappa shape index (κ2) is 8.39. The molecular formula is C19H23N5O3. The third-order valence-corrected chi connectivity index (χ3v) is 4.64. The lowest BCUT2D eigenvalue weighted by atomic mass is 10.2. The van der Waals surface area contributed by atoms with Gasteiger partial charge in [-0.15, -0.1) is 0 Å². The summed E-state index contributed by atoms with van der Waals surface area (Å²) >= 11 is 0. The molecule has 0 saturated carbocycles. The first-order valence-electron chi connectivity index (χ1n) is 8.81. The third kappa shape index (κ3) is 4.28. The quantitative estimate of drug-likeness (QED) is 0.371. The Kier molecular flexibility index (Phi) is 5.75. The standard InChI is InChI=1S/C19H23N5O3/c1-20-19(21-14-15-6-2-3-7-16(15)24(26)27)23-12-10-22(11-13-23)17-8-4-5-9-18(17)25/h2-9,25H,10-14H2,1H3,(H,20,21). The van der Waals surface area contributed by atoms with Gasteiger partial charge < -0.3 is 20.2 Å². The van der Waals surface area contributed by atoms with E-state index in [1.807, 2.05) is 18.2 Å². The van der Waals surface area contributed by atoms with Crippen LogP contribution in [0.2, 0.25) is 0 Å². The minimum absolute atomic E-state index is 0.102. The van der Waals surface area contributed by atoms with Gasteiger partial charge in [0.2, 0.25) is 0 Å². The number of para-hydroxylation sites is 3. The van der Waals surface area contributed by atoms with Crippen LogP contribution in [-0.2, 0) is 6.54 Å². The Morgan fingerprint density at radius 1 is 1.15 bits per heavy atom. The number of phenols is 1. The highest BCUT2D eigenvalue weighted by Gasteiger charge is 2.22. The van der Waals surface area contributed by atoms with Crippen molar-refractivity contribution in [2.45, 2.75) is 6.54 Å². The Morgan fingerprint density at radius 3 is 2.48 bits per heavy atom. The number of nitrogens with zero attached hydrogens (tertiary/aromatic N) is 4. The van der Waals surface area contributed by atoms with E-state index in [-0.39, 0.29) is 16.4 Å². The number of nitrogens with one attached hydrogen (secondary N) is 1. The molecule has 1 aliphatic rings. The maximum absolute atomic E-state index is 11.1. The number of benzene rings is 2. The van der Waals surface area contributed by atoms with Crippen LogP contribution in [0.3, 0.4) is 0 Å². The lowest BCUT2D eigenvalue weighted by Gasteiger charge is -2.37. The second-order valence-electron chi connectivity index (χ2n) is 6.25. The highest BCUT2D eigenvalue weighted by Crippen LogP contribution is 2.27. The van der Waals surface area contributed by atoms with E-state index >= 15 is 0 Å². The first-order chi connectivity index (χ1) is 13.1. The maximum Gasteiger partial charge on any atom is 0.274 e. The molecule has 8 nitrogen and oxygen atoms in total. The fourth-order valence-corrected chi connectivity index (χ4v) is 3.24. The minimum Gasteiger partial charge on any atom is -0.506 e. The molecule has 8 heteroatoms. The van der Waals surface area contributed by atoms with Crippen molar-refractivity contribution in [3.05, 3.63) is 64.2 Å². The predicted octanol–water partition coefficient (Wildman–Crippen LogP) is 2.20. The molecule has 1 saturated heterocycles. The van der Waals surface area contributed by atoms with E-state index in [1.165, 1.54) is 6.07 Å². The number of piperazine rings is 1. The van der Waals surface area contributed by atoms with Crippen LogP contribution in [0, 0.1) is 10.1 Å². The number of rotatable bonds is 4. The number of guanidine groups is 1. The van der Waals surface area contributed by atoms with Crippen molar-refractivity contribution in [3.63, 3.8) is 0 Å². The summed E-state index contributed by atoms with van der Waals surface area (Å²) in [5.41, 5.74) is 1.56. The Balaban J connectivity index is 1.60. The van der Waals surface area contributed by atoms with Gasteiger partial charge in [-0.2, -0.15) is 0 Å². The molecule has 27 heavy (non-hydrogen) atoms. The molecule has 1 fully saturated rings. The van der Waals surface area contributed by atoms with E-state index in [9.17, 15) is 15.2 Å². The normalized spacial score (nSPS) is 14.9. The Bertz CT molecular complexity index is 832. The van der Waals surface area contributed by atoms with E-state index in [0.29, 0.717) is 18.1 Å². The van der Waals surface area contributed by atoms with Crippen molar-refractivity contribution >= 4 is 17.3 Å². The Hall–Kier alpha value is -3.29. The fourth-order valence-electron chi connectivity index (χ4n) is 3.24. The number of anilines is 1. The summed E-state index contributed by atoms with van der Waals surface area (Å²) in [6, 6.07) is 14.0. The van der Waals surface area contributed by atoms with Gasteiger partial charge in [0.05, 0.1) is 10.6 Å². The summed E-state index contributed by atoms with van der Waals surface area (Å²) in [4.78, 5) is 19.3. The highest BCUT2D eigenvalue weighted by molar-refractivity contribution is 5.80. The summed E-state index contributed by atoms with van der Waals surface area (Å²) in [6.07, 6.45) is 0. The van der Waals surface area contributed by atoms with E-state index in [0.717, 1.165) is 31.9 Å². The van der Waals surface area contributed by atoms with Gasteiger partial charge in [-0.05, 0) is 12.1 Å². The SMILES string of the molecule is CN=C(NCc1ccccc1[N+](=O)[O-])N1CCN(c2ccccc2O)CC1. The number of hydrogen-bond donors (Lipinski definition) is 2. The molecule has 1 aliphatic heterocycles. The molecule has 1 heterocycles.